The monoisotopic (exact) mass is 318 g/mol. The number of carbonyl (C=O) groups excluding carboxylic acids is 1. The van der Waals surface area contributed by atoms with Crippen LogP contribution in [-0.4, -0.2) is 42.8 Å². The average Bonchev–Trinajstić information content (AvgIpc) is 3.21. The van der Waals surface area contributed by atoms with Crippen molar-refractivity contribution in [1.29, 1.82) is 0 Å². The molecule has 0 saturated carbocycles. The minimum absolute atomic E-state index is 0.0326. The van der Waals surface area contributed by atoms with Gasteiger partial charge in [-0.25, -0.2) is 0 Å². The molecule has 1 aromatic carbocycles. The number of likely N-dealkylation sites (tertiary alicyclic amines) is 1. The second-order valence-corrected chi connectivity index (χ2v) is 6.97. The van der Waals surface area contributed by atoms with Crippen molar-refractivity contribution in [2.45, 2.75) is 45.1 Å². The summed E-state index contributed by atoms with van der Waals surface area (Å²) in [4.78, 5) is 14.6. The number of hydrogen-bond donors (Lipinski definition) is 1. The topological polar surface area (TPSA) is 50.8 Å². The zero-order valence-electron chi connectivity index (χ0n) is 14.1. The third kappa shape index (κ3) is 3.96. The largest absolute Gasteiger partial charge is 0.454 e. The number of nitrogens with one attached hydrogen (secondary N) is 1. The third-order valence-electron chi connectivity index (χ3n) is 4.76. The van der Waals surface area contributed by atoms with Gasteiger partial charge in [0.2, 0.25) is 12.7 Å². The molecule has 23 heavy (non-hydrogen) atoms. The van der Waals surface area contributed by atoms with Crippen LogP contribution in [0.5, 0.6) is 11.5 Å². The minimum Gasteiger partial charge on any atom is -0.454 e. The molecule has 1 saturated heterocycles. The van der Waals surface area contributed by atoms with Gasteiger partial charge in [-0.05, 0) is 63.9 Å². The average molecular weight is 318 g/mol. The maximum Gasteiger partial charge on any atom is 0.231 e. The van der Waals surface area contributed by atoms with Crippen molar-refractivity contribution in [2.75, 3.05) is 26.4 Å². The summed E-state index contributed by atoms with van der Waals surface area (Å²) in [5.74, 6) is 1.67. The molecule has 1 fully saturated rings. The van der Waals surface area contributed by atoms with Crippen LogP contribution >= 0.6 is 0 Å². The van der Waals surface area contributed by atoms with Gasteiger partial charge in [0, 0.05) is 18.5 Å². The Bertz CT molecular complexity index is 565. The molecule has 1 N–H and O–H groups in total. The molecule has 0 bridgehead atoms. The minimum atomic E-state index is 0.0326. The van der Waals surface area contributed by atoms with E-state index in [-0.39, 0.29) is 18.2 Å². The molecule has 5 nitrogen and oxygen atoms in total. The maximum atomic E-state index is 12.1. The number of benzene rings is 1. The van der Waals surface area contributed by atoms with E-state index >= 15 is 0 Å². The summed E-state index contributed by atoms with van der Waals surface area (Å²) in [6, 6.07) is 5.87. The Labute approximate surface area is 137 Å². The Morgan fingerprint density at radius 3 is 2.74 bits per heavy atom. The van der Waals surface area contributed by atoms with Crippen molar-refractivity contribution in [1.82, 2.24) is 10.2 Å². The summed E-state index contributed by atoms with van der Waals surface area (Å²) in [7, 11) is 0. The molecular weight excluding hydrogens is 292 g/mol. The number of ether oxygens (including phenoxy) is 2. The smallest absolute Gasteiger partial charge is 0.231 e. The van der Waals surface area contributed by atoms with Gasteiger partial charge < -0.3 is 14.8 Å². The fourth-order valence-electron chi connectivity index (χ4n) is 3.19. The predicted molar refractivity (Wildman–Crippen MR) is 88.8 cm³/mol. The third-order valence-corrected chi connectivity index (χ3v) is 4.76. The molecule has 1 aromatic rings. The van der Waals surface area contributed by atoms with Gasteiger partial charge in [-0.2, -0.15) is 0 Å². The number of rotatable bonds is 6. The summed E-state index contributed by atoms with van der Waals surface area (Å²) >= 11 is 0. The van der Waals surface area contributed by atoms with Gasteiger partial charge in [-0.1, -0.05) is 6.07 Å². The zero-order chi connectivity index (χ0) is 16.3. The van der Waals surface area contributed by atoms with E-state index in [0.29, 0.717) is 19.4 Å². The van der Waals surface area contributed by atoms with Crippen LogP contribution in [0.25, 0.3) is 0 Å². The van der Waals surface area contributed by atoms with Crippen LogP contribution < -0.4 is 14.8 Å². The molecule has 3 rings (SSSR count). The van der Waals surface area contributed by atoms with Gasteiger partial charge >= 0.3 is 0 Å². The maximum absolute atomic E-state index is 12.1. The van der Waals surface area contributed by atoms with E-state index in [9.17, 15) is 4.79 Å². The Balaban J connectivity index is 1.44. The summed E-state index contributed by atoms with van der Waals surface area (Å²) in [6.45, 7) is 7.67. The first-order valence-electron chi connectivity index (χ1n) is 8.45. The summed E-state index contributed by atoms with van der Waals surface area (Å²) in [5.41, 5.74) is 1.13. The first-order valence-corrected chi connectivity index (χ1v) is 8.45. The van der Waals surface area contributed by atoms with Gasteiger partial charge in [0.25, 0.3) is 0 Å². The van der Waals surface area contributed by atoms with Crippen molar-refractivity contribution in [3.05, 3.63) is 23.8 Å². The number of hydrogen-bond acceptors (Lipinski definition) is 4. The number of nitrogens with zero attached hydrogens (tertiary/aromatic N) is 1. The highest BCUT2D eigenvalue weighted by Crippen LogP contribution is 2.32. The molecule has 2 heterocycles. The Morgan fingerprint density at radius 1 is 1.22 bits per heavy atom. The summed E-state index contributed by atoms with van der Waals surface area (Å²) < 4.78 is 10.7. The van der Waals surface area contributed by atoms with E-state index < -0.39 is 0 Å². The van der Waals surface area contributed by atoms with Crippen LogP contribution in [-0.2, 0) is 11.2 Å². The fraction of sp³-hybridized carbons (Fsp3) is 0.611. The molecule has 5 heteroatoms. The van der Waals surface area contributed by atoms with Crippen LogP contribution in [0.2, 0.25) is 0 Å². The van der Waals surface area contributed by atoms with E-state index in [2.05, 4.69) is 24.1 Å². The molecule has 0 aliphatic carbocycles. The van der Waals surface area contributed by atoms with Crippen molar-refractivity contribution < 1.29 is 14.3 Å². The second kappa shape index (κ2) is 6.79. The lowest BCUT2D eigenvalue weighted by Crippen LogP contribution is -2.50. The van der Waals surface area contributed by atoms with E-state index in [0.717, 1.165) is 30.2 Å². The van der Waals surface area contributed by atoms with E-state index in [1.165, 1.54) is 12.8 Å². The molecule has 0 unspecified atom stereocenters. The van der Waals surface area contributed by atoms with Gasteiger partial charge in [-0.3, -0.25) is 9.69 Å². The van der Waals surface area contributed by atoms with Crippen LogP contribution in [0.3, 0.4) is 0 Å². The van der Waals surface area contributed by atoms with Crippen LogP contribution in [0.1, 0.15) is 38.7 Å². The van der Waals surface area contributed by atoms with Gasteiger partial charge in [0.05, 0.1) is 0 Å². The van der Waals surface area contributed by atoms with Crippen LogP contribution in [0.4, 0.5) is 0 Å². The fourth-order valence-corrected chi connectivity index (χ4v) is 3.19. The number of fused-ring (bicyclic) bond motifs is 1. The van der Waals surface area contributed by atoms with Crippen molar-refractivity contribution in [3.8, 4) is 11.5 Å². The standard InChI is InChI=1S/C18H26N2O3/c1-18(2,20-9-3-4-10-20)12-19-17(21)8-6-14-5-7-15-16(11-14)23-13-22-15/h5,7,11H,3-4,6,8-10,12-13H2,1-2H3,(H,19,21). The molecule has 126 valence electrons. The van der Waals surface area contributed by atoms with Crippen molar-refractivity contribution in [2.24, 2.45) is 0 Å². The van der Waals surface area contributed by atoms with E-state index in [4.69, 9.17) is 9.47 Å². The lowest BCUT2D eigenvalue weighted by Gasteiger charge is -2.35. The van der Waals surface area contributed by atoms with E-state index in [1.54, 1.807) is 0 Å². The second-order valence-electron chi connectivity index (χ2n) is 6.97. The number of amides is 1. The lowest BCUT2D eigenvalue weighted by atomic mass is 10.0. The molecular formula is C18H26N2O3. The van der Waals surface area contributed by atoms with E-state index in [1.807, 2.05) is 18.2 Å². The molecule has 0 aromatic heterocycles. The summed E-state index contributed by atoms with van der Waals surface area (Å²) in [6.07, 6.45) is 3.74. The number of aryl methyl sites for hydroxylation is 1. The van der Waals surface area contributed by atoms with Crippen LogP contribution in [0, 0.1) is 0 Å². The molecule has 0 atom stereocenters. The van der Waals surface area contributed by atoms with Gasteiger partial charge in [0.1, 0.15) is 0 Å². The SMILES string of the molecule is CC(C)(CNC(=O)CCc1ccc2c(c1)OCO2)N1CCCC1. The van der Waals surface area contributed by atoms with Gasteiger partial charge in [-0.15, -0.1) is 0 Å². The first kappa shape index (κ1) is 16.1. The molecule has 2 aliphatic rings. The zero-order valence-corrected chi connectivity index (χ0v) is 14.1. The van der Waals surface area contributed by atoms with Crippen molar-refractivity contribution >= 4 is 5.91 Å². The Kier molecular flexibility index (Phi) is 4.76. The quantitative estimate of drug-likeness (QED) is 0.875. The predicted octanol–water partition coefficient (Wildman–Crippen LogP) is 2.34. The molecule has 1 amide bonds. The highest BCUT2D eigenvalue weighted by Gasteiger charge is 2.29. The highest BCUT2D eigenvalue weighted by atomic mass is 16.7. The normalized spacial score (nSPS) is 17.5. The van der Waals surface area contributed by atoms with Crippen LogP contribution in [0.15, 0.2) is 18.2 Å². The highest BCUT2D eigenvalue weighted by molar-refractivity contribution is 5.76. The molecule has 2 aliphatic heterocycles. The molecule has 0 spiro atoms. The Morgan fingerprint density at radius 2 is 1.96 bits per heavy atom. The number of carbonyl (C=O) groups is 1. The Hall–Kier alpha value is -1.75. The molecule has 0 radical (unpaired) electrons. The summed E-state index contributed by atoms with van der Waals surface area (Å²) in [5, 5.41) is 3.09. The first-order chi connectivity index (χ1) is 11.0. The van der Waals surface area contributed by atoms with Crippen molar-refractivity contribution in [3.63, 3.8) is 0 Å². The lowest BCUT2D eigenvalue weighted by molar-refractivity contribution is -0.121. The van der Waals surface area contributed by atoms with Gasteiger partial charge in [0.15, 0.2) is 11.5 Å².